The zero-order valence-electron chi connectivity index (χ0n) is 6.75. The molecule has 6 heteroatoms. The van der Waals surface area contributed by atoms with Gasteiger partial charge in [0.25, 0.3) is 0 Å². The summed E-state index contributed by atoms with van der Waals surface area (Å²) in [4.78, 5) is 10.1. The molecule has 0 fully saturated rings. The van der Waals surface area contributed by atoms with Gasteiger partial charge in [-0.25, -0.2) is 4.79 Å². The van der Waals surface area contributed by atoms with Gasteiger partial charge in [-0.15, -0.1) is 0 Å². The first-order valence-electron chi connectivity index (χ1n) is 3.59. The lowest BCUT2D eigenvalue weighted by atomic mass is 10.3. The zero-order valence-corrected chi connectivity index (χ0v) is 8.32. The average molecular weight is 215 g/mol. The largest absolute Gasteiger partial charge is 0.419 e. The van der Waals surface area contributed by atoms with Crippen molar-refractivity contribution in [2.24, 2.45) is 0 Å². The van der Waals surface area contributed by atoms with Crippen molar-refractivity contribution in [2.75, 3.05) is 5.75 Å². The monoisotopic (exact) mass is 214 g/mol. The van der Waals surface area contributed by atoms with Gasteiger partial charge in [-0.05, 0) is 6.42 Å². The molecule has 0 aromatic carbocycles. The van der Waals surface area contributed by atoms with E-state index < -0.39 is 15.5 Å². The second-order valence-corrected chi connectivity index (χ2v) is 4.29. The van der Waals surface area contributed by atoms with Gasteiger partial charge in [0.05, 0.1) is 5.75 Å². The van der Waals surface area contributed by atoms with Crippen LogP contribution in [-0.4, -0.2) is 19.6 Å². The molecule has 4 nitrogen and oxygen atoms in total. The maximum Gasteiger partial charge on any atom is 0.419 e. The maximum absolute atomic E-state index is 10.8. The van der Waals surface area contributed by atoms with Crippen molar-refractivity contribution in [1.29, 1.82) is 0 Å². The Hall–Kier alpha value is -0.290. The highest BCUT2D eigenvalue weighted by atomic mass is 35.5. The van der Waals surface area contributed by atoms with Crippen molar-refractivity contribution < 1.29 is 17.4 Å². The smallest absolute Gasteiger partial charge is 0.332 e. The van der Waals surface area contributed by atoms with Crippen LogP contribution in [0.5, 0.6) is 0 Å². The van der Waals surface area contributed by atoms with Crippen LogP contribution in [0.25, 0.3) is 0 Å². The second kappa shape index (κ2) is 5.37. The Morgan fingerprint density at radius 2 is 2.00 bits per heavy atom. The second-order valence-electron chi connectivity index (χ2n) is 2.29. The third-order valence-electron chi connectivity index (χ3n) is 1.19. The molecule has 0 atom stereocenters. The van der Waals surface area contributed by atoms with Crippen LogP contribution in [0.1, 0.15) is 26.2 Å². The lowest BCUT2D eigenvalue weighted by molar-refractivity contribution is 0.227. The Morgan fingerprint density at radius 1 is 1.42 bits per heavy atom. The van der Waals surface area contributed by atoms with E-state index in [4.69, 9.17) is 11.6 Å². The summed E-state index contributed by atoms with van der Waals surface area (Å²) in [6.07, 6.45) is 2.19. The first kappa shape index (κ1) is 11.7. The van der Waals surface area contributed by atoms with Gasteiger partial charge in [0, 0.05) is 11.6 Å². The van der Waals surface area contributed by atoms with Crippen molar-refractivity contribution in [2.45, 2.75) is 26.2 Å². The minimum Gasteiger partial charge on any atom is -0.332 e. The van der Waals surface area contributed by atoms with Gasteiger partial charge in [-0.3, -0.25) is 0 Å². The quantitative estimate of drug-likeness (QED) is 0.398. The Labute approximate surface area is 77.0 Å². The van der Waals surface area contributed by atoms with Gasteiger partial charge in [-0.1, -0.05) is 19.8 Å². The highest BCUT2D eigenvalue weighted by Crippen LogP contribution is 2.03. The average Bonchev–Trinajstić information content (AvgIpc) is 1.84. The molecule has 72 valence electrons. The molecule has 0 aliphatic rings. The van der Waals surface area contributed by atoms with E-state index in [1.54, 1.807) is 0 Å². The number of carbonyl (C=O) groups excluding carboxylic acids is 1. The van der Waals surface area contributed by atoms with Gasteiger partial charge in [0.15, 0.2) is 0 Å². The van der Waals surface area contributed by atoms with Crippen LogP contribution in [0.3, 0.4) is 0 Å². The fourth-order valence-corrected chi connectivity index (χ4v) is 1.80. The fraction of sp³-hybridized carbons (Fsp3) is 0.833. The summed E-state index contributed by atoms with van der Waals surface area (Å²) in [5, 5.41) is 0. The van der Waals surface area contributed by atoms with Crippen molar-refractivity contribution in [3.8, 4) is 0 Å². The van der Waals surface area contributed by atoms with Crippen LogP contribution in [0, 0.1) is 0 Å². The summed E-state index contributed by atoms with van der Waals surface area (Å²) >= 11 is 4.73. The van der Waals surface area contributed by atoms with E-state index in [0.717, 1.165) is 12.8 Å². The van der Waals surface area contributed by atoms with E-state index in [0.29, 0.717) is 6.42 Å². The minimum atomic E-state index is -3.73. The lowest BCUT2D eigenvalue weighted by Gasteiger charge is -2.00. The predicted molar refractivity (Wildman–Crippen MR) is 45.6 cm³/mol. The van der Waals surface area contributed by atoms with E-state index in [1.165, 1.54) is 0 Å². The predicted octanol–water partition coefficient (Wildman–Crippen LogP) is 1.88. The molecule has 0 aromatic rings. The maximum atomic E-state index is 10.8. The Balaban J connectivity index is 3.81. The van der Waals surface area contributed by atoms with E-state index in [9.17, 15) is 13.2 Å². The standard InChI is InChI=1S/C6H11ClO4S/c1-2-3-4-5-12(9,10)11-6(7)8/h2-5H2,1H3. The van der Waals surface area contributed by atoms with Crippen LogP contribution in [0.4, 0.5) is 4.79 Å². The SMILES string of the molecule is CCCCCS(=O)(=O)OC(=O)Cl. The molecular weight excluding hydrogens is 204 g/mol. The molecule has 0 N–H and O–H groups in total. The number of rotatable bonds is 5. The summed E-state index contributed by atoms with van der Waals surface area (Å²) in [6.45, 7) is 1.94. The number of halogens is 1. The highest BCUT2D eigenvalue weighted by molar-refractivity contribution is 7.87. The van der Waals surface area contributed by atoms with E-state index in [-0.39, 0.29) is 5.75 Å². The van der Waals surface area contributed by atoms with Gasteiger partial charge >= 0.3 is 15.5 Å². The molecule has 0 saturated heterocycles. The molecule has 0 aliphatic carbocycles. The molecule has 0 radical (unpaired) electrons. The molecule has 12 heavy (non-hydrogen) atoms. The normalized spacial score (nSPS) is 11.2. The summed E-state index contributed by atoms with van der Waals surface area (Å²) < 4.78 is 25.5. The molecule has 0 bridgehead atoms. The number of carbonyl (C=O) groups is 1. The van der Waals surface area contributed by atoms with Gasteiger partial charge in [0.2, 0.25) is 0 Å². The molecule has 0 aromatic heterocycles. The zero-order chi connectivity index (χ0) is 9.61. The topological polar surface area (TPSA) is 60.4 Å². The highest BCUT2D eigenvalue weighted by Gasteiger charge is 2.14. The third kappa shape index (κ3) is 6.42. The Kier molecular flexibility index (Phi) is 5.24. The molecule has 0 heterocycles. The van der Waals surface area contributed by atoms with Crippen LogP contribution in [-0.2, 0) is 14.3 Å². The first-order chi connectivity index (χ1) is 5.48. The molecule has 0 rings (SSSR count). The van der Waals surface area contributed by atoms with Crippen LogP contribution >= 0.6 is 11.6 Å². The first-order valence-corrected chi connectivity index (χ1v) is 5.55. The van der Waals surface area contributed by atoms with E-state index in [2.05, 4.69) is 4.18 Å². The van der Waals surface area contributed by atoms with Gasteiger partial charge in [-0.2, -0.15) is 8.42 Å². The molecular formula is C6H11ClO4S. The third-order valence-corrected chi connectivity index (χ3v) is 2.55. The van der Waals surface area contributed by atoms with Crippen molar-refractivity contribution >= 4 is 27.1 Å². The van der Waals surface area contributed by atoms with E-state index in [1.807, 2.05) is 6.92 Å². The van der Waals surface area contributed by atoms with Crippen LogP contribution in [0.2, 0.25) is 0 Å². The summed E-state index contributed by atoms with van der Waals surface area (Å²) in [7, 11) is -3.73. The summed E-state index contributed by atoms with van der Waals surface area (Å²) in [5.74, 6) is -0.153. The Bertz CT molecular complexity index is 234. The number of unbranched alkanes of at least 4 members (excludes halogenated alkanes) is 2. The number of hydrogen-bond donors (Lipinski definition) is 0. The van der Waals surface area contributed by atoms with E-state index >= 15 is 0 Å². The van der Waals surface area contributed by atoms with Crippen molar-refractivity contribution in [3.63, 3.8) is 0 Å². The fourth-order valence-electron chi connectivity index (χ4n) is 0.670. The summed E-state index contributed by atoms with van der Waals surface area (Å²) in [6, 6.07) is 0. The van der Waals surface area contributed by atoms with Crippen molar-refractivity contribution in [1.82, 2.24) is 0 Å². The van der Waals surface area contributed by atoms with Crippen LogP contribution < -0.4 is 0 Å². The minimum absolute atomic E-state index is 0.153. The lowest BCUT2D eigenvalue weighted by Crippen LogP contribution is -2.11. The Morgan fingerprint density at radius 3 is 2.42 bits per heavy atom. The van der Waals surface area contributed by atoms with Crippen LogP contribution in [0.15, 0.2) is 0 Å². The van der Waals surface area contributed by atoms with Gasteiger partial charge in [0.1, 0.15) is 0 Å². The van der Waals surface area contributed by atoms with Crippen molar-refractivity contribution in [3.05, 3.63) is 0 Å². The van der Waals surface area contributed by atoms with Gasteiger partial charge < -0.3 is 4.18 Å². The molecule has 0 unspecified atom stereocenters. The molecule has 0 spiro atoms. The summed E-state index contributed by atoms with van der Waals surface area (Å²) in [5.41, 5.74) is -1.30. The molecule has 0 amide bonds. The number of hydrogen-bond acceptors (Lipinski definition) is 4. The molecule has 0 saturated carbocycles. The molecule has 0 aliphatic heterocycles.